The number of aryl methyl sites for hydroxylation is 1. The maximum atomic E-state index is 12.1. The zero-order valence-electron chi connectivity index (χ0n) is 13.3. The predicted octanol–water partition coefficient (Wildman–Crippen LogP) is 2.72. The van der Waals surface area contributed by atoms with Crippen LogP contribution in [-0.4, -0.2) is 26.8 Å². The number of nitriles is 1. The van der Waals surface area contributed by atoms with Gasteiger partial charge < -0.3 is 9.88 Å². The molecular formula is C16H20N4OS. The number of hydrogen-bond acceptors (Lipinski definition) is 4. The van der Waals surface area contributed by atoms with Crippen molar-refractivity contribution in [3.8, 4) is 6.07 Å². The summed E-state index contributed by atoms with van der Waals surface area (Å²) in [5, 5.41) is 12.8. The van der Waals surface area contributed by atoms with Crippen LogP contribution >= 0.6 is 11.8 Å². The van der Waals surface area contributed by atoms with Gasteiger partial charge in [-0.2, -0.15) is 5.26 Å². The average molecular weight is 316 g/mol. The molecule has 116 valence electrons. The minimum absolute atomic E-state index is 0.0437. The van der Waals surface area contributed by atoms with Crippen molar-refractivity contribution < 1.29 is 4.79 Å². The van der Waals surface area contributed by atoms with Crippen molar-refractivity contribution in [1.82, 2.24) is 14.9 Å². The quantitative estimate of drug-likeness (QED) is 0.861. The Bertz CT molecular complexity index is 731. The first-order valence-electron chi connectivity index (χ1n) is 7.14. The molecule has 1 amide bonds. The van der Waals surface area contributed by atoms with Gasteiger partial charge in [0, 0.05) is 7.05 Å². The zero-order valence-corrected chi connectivity index (χ0v) is 14.1. The lowest BCUT2D eigenvalue weighted by atomic mass is 9.90. The van der Waals surface area contributed by atoms with Gasteiger partial charge in [0.25, 0.3) is 0 Å². The molecule has 22 heavy (non-hydrogen) atoms. The summed E-state index contributed by atoms with van der Waals surface area (Å²) in [5.74, 6) is 0.123. The Hall–Kier alpha value is -2.00. The highest BCUT2D eigenvalue weighted by atomic mass is 32.2. The maximum absolute atomic E-state index is 12.1. The monoisotopic (exact) mass is 316 g/mol. The van der Waals surface area contributed by atoms with Crippen LogP contribution < -0.4 is 5.32 Å². The number of imidazole rings is 1. The largest absolute Gasteiger partial charge is 0.337 e. The van der Waals surface area contributed by atoms with Crippen LogP contribution in [0.1, 0.15) is 20.8 Å². The molecule has 0 aliphatic rings. The fraction of sp³-hybridized carbons (Fsp3) is 0.438. The number of para-hydroxylation sites is 2. The van der Waals surface area contributed by atoms with E-state index < -0.39 is 5.54 Å². The van der Waals surface area contributed by atoms with Gasteiger partial charge in [-0.3, -0.25) is 4.79 Å². The fourth-order valence-corrected chi connectivity index (χ4v) is 2.80. The van der Waals surface area contributed by atoms with E-state index in [1.165, 1.54) is 11.8 Å². The molecule has 0 aliphatic heterocycles. The zero-order chi connectivity index (χ0) is 16.3. The number of amides is 1. The summed E-state index contributed by atoms with van der Waals surface area (Å²) in [5.41, 5.74) is 1.11. The number of carbonyl (C=O) groups is 1. The molecule has 1 heterocycles. The highest BCUT2D eigenvalue weighted by molar-refractivity contribution is 7.99. The number of aromatic nitrogens is 2. The van der Waals surface area contributed by atoms with E-state index in [4.69, 9.17) is 0 Å². The van der Waals surface area contributed by atoms with E-state index in [2.05, 4.69) is 16.4 Å². The van der Waals surface area contributed by atoms with Crippen molar-refractivity contribution >= 4 is 28.7 Å². The predicted molar refractivity (Wildman–Crippen MR) is 88.4 cm³/mol. The summed E-state index contributed by atoms with van der Waals surface area (Å²) in [6.45, 7) is 5.58. The summed E-state index contributed by atoms with van der Waals surface area (Å²) in [7, 11) is 1.93. The molecule has 0 aliphatic carbocycles. The van der Waals surface area contributed by atoms with E-state index in [1.807, 2.05) is 49.7 Å². The van der Waals surface area contributed by atoms with Crippen molar-refractivity contribution in [2.45, 2.75) is 31.5 Å². The van der Waals surface area contributed by atoms with Gasteiger partial charge in [0.05, 0.1) is 22.9 Å². The van der Waals surface area contributed by atoms with Gasteiger partial charge in [-0.1, -0.05) is 37.7 Å². The molecule has 2 aromatic rings. The lowest BCUT2D eigenvalue weighted by Crippen LogP contribution is -2.49. The minimum Gasteiger partial charge on any atom is -0.337 e. The molecule has 0 fully saturated rings. The SMILES string of the molecule is CC(C)C(C)(C#N)NC(=O)CSc1nc2ccccc2n1C. The lowest BCUT2D eigenvalue weighted by Gasteiger charge is -2.27. The van der Waals surface area contributed by atoms with E-state index in [1.54, 1.807) is 6.92 Å². The van der Waals surface area contributed by atoms with Crippen molar-refractivity contribution in [2.24, 2.45) is 13.0 Å². The third-order valence-electron chi connectivity index (χ3n) is 3.86. The smallest absolute Gasteiger partial charge is 0.231 e. The Balaban J connectivity index is 2.04. The Kier molecular flexibility index (Phi) is 4.77. The van der Waals surface area contributed by atoms with Gasteiger partial charge in [-0.15, -0.1) is 0 Å². The molecular weight excluding hydrogens is 296 g/mol. The van der Waals surface area contributed by atoms with Crippen LogP contribution in [0, 0.1) is 17.2 Å². The Morgan fingerprint density at radius 2 is 2.18 bits per heavy atom. The van der Waals surface area contributed by atoms with Gasteiger partial charge in [0.2, 0.25) is 5.91 Å². The first-order valence-corrected chi connectivity index (χ1v) is 8.12. The first kappa shape index (κ1) is 16.4. The number of nitrogens with one attached hydrogen (secondary N) is 1. The molecule has 2 rings (SSSR count). The van der Waals surface area contributed by atoms with E-state index in [0.717, 1.165) is 16.2 Å². The van der Waals surface area contributed by atoms with Gasteiger partial charge in [0.1, 0.15) is 5.54 Å². The van der Waals surface area contributed by atoms with Crippen LogP contribution in [0.4, 0.5) is 0 Å². The molecule has 1 atom stereocenters. The van der Waals surface area contributed by atoms with E-state index in [0.29, 0.717) is 0 Å². The van der Waals surface area contributed by atoms with Crippen molar-refractivity contribution in [2.75, 3.05) is 5.75 Å². The molecule has 1 aromatic heterocycles. The number of thioether (sulfide) groups is 1. The van der Waals surface area contributed by atoms with Crippen LogP contribution in [0.25, 0.3) is 11.0 Å². The summed E-state index contributed by atoms with van der Waals surface area (Å²) in [6.07, 6.45) is 0. The van der Waals surface area contributed by atoms with Gasteiger partial charge in [-0.25, -0.2) is 4.98 Å². The number of carbonyl (C=O) groups excluding carboxylic acids is 1. The summed E-state index contributed by atoms with van der Waals surface area (Å²) < 4.78 is 1.97. The van der Waals surface area contributed by atoms with Gasteiger partial charge >= 0.3 is 0 Å². The van der Waals surface area contributed by atoms with Crippen LogP contribution in [0.2, 0.25) is 0 Å². The van der Waals surface area contributed by atoms with Crippen LogP contribution in [0.3, 0.4) is 0 Å². The van der Waals surface area contributed by atoms with E-state index in [9.17, 15) is 10.1 Å². The maximum Gasteiger partial charge on any atom is 0.231 e. The Labute approximate surface area is 134 Å². The average Bonchev–Trinajstić information content (AvgIpc) is 2.82. The van der Waals surface area contributed by atoms with Crippen LogP contribution in [0.5, 0.6) is 0 Å². The molecule has 1 N–H and O–H groups in total. The number of hydrogen-bond donors (Lipinski definition) is 1. The highest BCUT2D eigenvalue weighted by Crippen LogP contribution is 2.23. The first-order chi connectivity index (χ1) is 10.4. The molecule has 0 spiro atoms. The molecule has 0 bridgehead atoms. The standard InChI is InChI=1S/C16H20N4OS/c1-11(2)16(3,10-17)19-14(21)9-22-15-18-12-7-5-6-8-13(12)20(15)4/h5-8,11H,9H2,1-4H3,(H,19,21). The number of nitrogens with zero attached hydrogens (tertiary/aromatic N) is 3. The van der Waals surface area contributed by atoms with Crippen molar-refractivity contribution in [3.63, 3.8) is 0 Å². The summed E-state index contributed by atoms with van der Waals surface area (Å²) >= 11 is 1.37. The second-order valence-electron chi connectivity index (χ2n) is 5.75. The Morgan fingerprint density at radius 3 is 2.77 bits per heavy atom. The topological polar surface area (TPSA) is 70.7 Å². The molecule has 0 saturated carbocycles. The summed E-state index contributed by atoms with van der Waals surface area (Å²) in [6, 6.07) is 10.0. The summed E-state index contributed by atoms with van der Waals surface area (Å²) in [4.78, 5) is 16.6. The normalized spacial score (nSPS) is 13.8. The molecule has 0 saturated heterocycles. The van der Waals surface area contributed by atoms with Crippen molar-refractivity contribution in [3.05, 3.63) is 24.3 Å². The van der Waals surface area contributed by atoms with Crippen LogP contribution in [-0.2, 0) is 11.8 Å². The molecule has 5 nitrogen and oxygen atoms in total. The third-order valence-corrected chi connectivity index (χ3v) is 4.89. The van der Waals surface area contributed by atoms with Crippen molar-refractivity contribution in [1.29, 1.82) is 5.26 Å². The lowest BCUT2D eigenvalue weighted by molar-refractivity contribution is -0.120. The molecule has 1 unspecified atom stereocenters. The third kappa shape index (κ3) is 3.25. The van der Waals surface area contributed by atoms with E-state index >= 15 is 0 Å². The van der Waals surface area contributed by atoms with E-state index in [-0.39, 0.29) is 17.6 Å². The fourth-order valence-electron chi connectivity index (χ4n) is 2.01. The van der Waals surface area contributed by atoms with Crippen LogP contribution in [0.15, 0.2) is 29.4 Å². The second-order valence-corrected chi connectivity index (χ2v) is 6.69. The van der Waals surface area contributed by atoms with Gasteiger partial charge in [-0.05, 0) is 25.0 Å². The molecule has 0 radical (unpaired) electrons. The molecule has 6 heteroatoms. The Morgan fingerprint density at radius 1 is 1.50 bits per heavy atom. The molecule has 1 aromatic carbocycles. The number of fused-ring (bicyclic) bond motifs is 1. The highest BCUT2D eigenvalue weighted by Gasteiger charge is 2.29. The number of rotatable bonds is 5. The number of benzene rings is 1. The minimum atomic E-state index is -0.843. The second kappa shape index (κ2) is 6.41. The van der Waals surface area contributed by atoms with Gasteiger partial charge in [0.15, 0.2) is 5.16 Å².